The van der Waals surface area contributed by atoms with Crippen LogP contribution in [0.15, 0.2) is 24.3 Å². The van der Waals surface area contributed by atoms with E-state index in [2.05, 4.69) is 24.1 Å². The molecule has 0 unspecified atom stereocenters. The van der Waals surface area contributed by atoms with Gasteiger partial charge in [-0.2, -0.15) is 0 Å². The van der Waals surface area contributed by atoms with Crippen LogP contribution in [-0.2, 0) is 11.3 Å². The number of carbonyl (C=O) groups excluding carboxylic acids is 2. The SMILES string of the molecule is COc1ccc2cc3n(c2c1)C[C@@](C)(C(=O)NCCCN1C[C@H](C)C[C@H](C)C1)N(C1CCCCC1)C3=O. The first-order chi connectivity index (χ1) is 17.8. The minimum absolute atomic E-state index is 0.0257. The number of methoxy groups -OCH3 is 1. The third-order valence-corrected chi connectivity index (χ3v) is 8.86. The average Bonchev–Trinajstić information content (AvgIpc) is 3.24. The van der Waals surface area contributed by atoms with E-state index in [9.17, 15) is 9.59 Å². The number of hydrogen-bond donors (Lipinski definition) is 1. The summed E-state index contributed by atoms with van der Waals surface area (Å²) >= 11 is 0. The van der Waals surface area contributed by atoms with Gasteiger partial charge in [0.15, 0.2) is 0 Å². The van der Waals surface area contributed by atoms with Crippen LogP contribution >= 0.6 is 0 Å². The Morgan fingerprint density at radius 2 is 1.84 bits per heavy atom. The predicted octanol–water partition coefficient (Wildman–Crippen LogP) is 4.68. The summed E-state index contributed by atoms with van der Waals surface area (Å²) in [5.41, 5.74) is 0.681. The summed E-state index contributed by atoms with van der Waals surface area (Å²) in [6, 6.07) is 7.98. The number of benzene rings is 1. The highest BCUT2D eigenvalue weighted by molar-refractivity contribution is 6.04. The molecule has 1 aromatic carbocycles. The zero-order chi connectivity index (χ0) is 26.2. The topological polar surface area (TPSA) is 66.8 Å². The van der Waals surface area contributed by atoms with E-state index < -0.39 is 5.54 Å². The quantitative estimate of drug-likeness (QED) is 0.552. The predicted molar refractivity (Wildman–Crippen MR) is 147 cm³/mol. The highest BCUT2D eigenvalue weighted by atomic mass is 16.5. The lowest BCUT2D eigenvalue weighted by atomic mass is 9.86. The van der Waals surface area contributed by atoms with Gasteiger partial charge in [-0.3, -0.25) is 9.59 Å². The molecule has 1 aliphatic carbocycles. The van der Waals surface area contributed by atoms with Crippen molar-refractivity contribution in [2.24, 2.45) is 11.8 Å². The zero-order valence-corrected chi connectivity index (χ0v) is 23.1. The summed E-state index contributed by atoms with van der Waals surface area (Å²) in [5.74, 6) is 2.16. The molecule has 1 aromatic heterocycles. The van der Waals surface area contributed by atoms with Crippen molar-refractivity contribution < 1.29 is 14.3 Å². The molecule has 37 heavy (non-hydrogen) atoms. The summed E-state index contributed by atoms with van der Waals surface area (Å²) < 4.78 is 7.50. The average molecular weight is 509 g/mol. The van der Waals surface area contributed by atoms with Crippen LogP contribution in [0, 0.1) is 11.8 Å². The van der Waals surface area contributed by atoms with Crippen molar-refractivity contribution in [1.82, 2.24) is 19.7 Å². The first kappa shape index (κ1) is 26.1. The van der Waals surface area contributed by atoms with E-state index in [1.807, 2.05) is 40.7 Å². The number of rotatable bonds is 7. The Bertz CT molecular complexity index is 1130. The maximum Gasteiger partial charge on any atom is 0.271 e. The Kier molecular flexibility index (Phi) is 7.53. The molecule has 2 aliphatic heterocycles. The number of nitrogens with zero attached hydrogens (tertiary/aromatic N) is 3. The summed E-state index contributed by atoms with van der Waals surface area (Å²) in [5, 5.41) is 4.24. The number of ether oxygens (including phenoxy) is 1. The normalized spacial score (nSPS) is 27.4. The smallest absolute Gasteiger partial charge is 0.271 e. The van der Waals surface area contributed by atoms with Crippen LogP contribution in [0.25, 0.3) is 10.9 Å². The molecule has 0 spiro atoms. The summed E-state index contributed by atoms with van der Waals surface area (Å²) in [7, 11) is 1.65. The fourth-order valence-electron chi connectivity index (χ4n) is 7.20. The van der Waals surface area contributed by atoms with E-state index in [0.717, 1.165) is 80.2 Å². The second-order valence-corrected chi connectivity index (χ2v) is 12.1. The Morgan fingerprint density at radius 1 is 1.11 bits per heavy atom. The van der Waals surface area contributed by atoms with Gasteiger partial charge < -0.3 is 24.4 Å². The van der Waals surface area contributed by atoms with E-state index in [0.29, 0.717) is 18.8 Å². The van der Waals surface area contributed by atoms with Gasteiger partial charge in [0.2, 0.25) is 5.91 Å². The summed E-state index contributed by atoms with van der Waals surface area (Å²) in [6.07, 6.45) is 7.58. The van der Waals surface area contributed by atoms with Crippen LogP contribution in [0.1, 0.15) is 76.2 Å². The van der Waals surface area contributed by atoms with Gasteiger partial charge in [0.1, 0.15) is 17.0 Å². The number of piperidine rings is 1. The van der Waals surface area contributed by atoms with Crippen LogP contribution < -0.4 is 10.1 Å². The highest BCUT2D eigenvalue weighted by Gasteiger charge is 2.50. The molecule has 2 fully saturated rings. The maximum atomic E-state index is 14.0. The molecule has 202 valence electrons. The summed E-state index contributed by atoms with van der Waals surface area (Å²) in [4.78, 5) is 32.4. The maximum absolute atomic E-state index is 14.0. The van der Waals surface area contributed by atoms with Gasteiger partial charge in [-0.1, -0.05) is 33.1 Å². The van der Waals surface area contributed by atoms with E-state index in [1.165, 1.54) is 12.8 Å². The molecule has 1 saturated carbocycles. The largest absolute Gasteiger partial charge is 0.497 e. The van der Waals surface area contributed by atoms with E-state index in [-0.39, 0.29) is 17.9 Å². The molecular formula is C30H44N4O3. The number of amides is 2. The van der Waals surface area contributed by atoms with Crippen molar-refractivity contribution in [2.75, 3.05) is 33.3 Å². The number of carbonyl (C=O) groups is 2. The number of hydrogen-bond acceptors (Lipinski definition) is 4. The van der Waals surface area contributed by atoms with Crippen molar-refractivity contribution >= 4 is 22.7 Å². The van der Waals surface area contributed by atoms with Gasteiger partial charge in [-0.05, 0) is 69.2 Å². The van der Waals surface area contributed by atoms with Crippen molar-refractivity contribution in [2.45, 2.75) is 83.8 Å². The lowest BCUT2D eigenvalue weighted by Gasteiger charge is -2.49. The third kappa shape index (κ3) is 5.12. The fraction of sp³-hybridized carbons (Fsp3) is 0.667. The molecule has 0 radical (unpaired) electrons. The molecule has 1 N–H and O–H groups in total. The van der Waals surface area contributed by atoms with Crippen molar-refractivity contribution in [1.29, 1.82) is 0 Å². The number of aromatic nitrogens is 1. The lowest BCUT2D eigenvalue weighted by molar-refractivity contribution is -0.134. The molecule has 7 nitrogen and oxygen atoms in total. The first-order valence-electron chi connectivity index (χ1n) is 14.3. The van der Waals surface area contributed by atoms with Gasteiger partial charge >= 0.3 is 0 Å². The number of fused-ring (bicyclic) bond motifs is 3. The van der Waals surface area contributed by atoms with Gasteiger partial charge in [0.25, 0.3) is 5.91 Å². The van der Waals surface area contributed by atoms with Crippen LogP contribution in [0.2, 0.25) is 0 Å². The van der Waals surface area contributed by atoms with E-state index >= 15 is 0 Å². The molecule has 0 bridgehead atoms. The molecule has 7 heteroatoms. The Morgan fingerprint density at radius 3 is 2.54 bits per heavy atom. The Labute approximate surface area is 221 Å². The number of likely N-dealkylation sites (tertiary alicyclic amines) is 1. The van der Waals surface area contributed by atoms with Crippen molar-refractivity contribution in [3.8, 4) is 5.75 Å². The Hall–Kier alpha value is -2.54. The molecule has 3 aliphatic rings. The van der Waals surface area contributed by atoms with Crippen LogP contribution in [0.3, 0.4) is 0 Å². The lowest BCUT2D eigenvalue weighted by Crippen LogP contribution is -2.66. The molecule has 3 heterocycles. The Balaban J connectivity index is 1.36. The van der Waals surface area contributed by atoms with Gasteiger partial charge in [0, 0.05) is 37.1 Å². The van der Waals surface area contributed by atoms with Crippen LogP contribution in [0.5, 0.6) is 5.75 Å². The van der Waals surface area contributed by atoms with E-state index in [4.69, 9.17) is 4.74 Å². The standard InChI is InChI=1S/C30H44N4O3/c1-21-15-22(2)19-32(18-21)14-8-13-31-29(36)30(3)20-33-26-17-25(37-4)12-11-23(26)16-27(33)28(35)34(30)24-9-6-5-7-10-24/h11-12,16-17,21-22,24H,5-10,13-15,18-20H2,1-4H3,(H,31,36)/t21-,22+,30-/m0/s1. The monoisotopic (exact) mass is 508 g/mol. The van der Waals surface area contributed by atoms with E-state index in [1.54, 1.807) is 7.11 Å². The van der Waals surface area contributed by atoms with Crippen molar-refractivity contribution in [3.05, 3.63) is 30.0 Å². The molecule has 5 rings (SSSR count). The fourth-order valence-corrected chi connectivity index (χ4v) is 7.20. The molecular weight excluding hydrogens is 464 g/mol. The van der Waals surface area contributed by atoms with Crippen molar-refractivity contribution in [3.63, 3.8) is 0 Å². The highest BCUT2D eigenvalue weighted by Crippen LogP contribution is 2.38. The molecule has 2 amide bonds. The third-order valence-electron chi connectivity index (χ3n) is 8.86. The summed E-state index contributed by atoms with van der Waals surface area (Å²) in [6.45, 7) is 11.0. The van der Waals surface area contributed by atoms with Crippen LogP contribution in [0.4, 0.5) is 0 Å². The second-order valence-electron chi connectivity index (χ2n) is 12.1. The molecule has 2 aromatic rings. The minimum Gasteiger partial charge on any atom is -0.497 e. The zero-order valence-electron chi connectivity index (χ0n) is 23.1. The minimum atomic E-state index is -0.935. The molecule has 1 saturated heterocycles. The van der Waals surface area contributed by atoms with Gasteiger partial charge in [-0.15, -0.1) is 0 Å². The van der Waals surface area contributed by atoms with Gasteiger partial charge in [0.05, 0.1) is 19.2 Å². The second kappa shape index (κ2) is 10.7. The van der Waals surface area contributed by atoms with Crippen LogP contribution in [-0.4, -0.2) is 71.1 Å². The first-order valence-corrected chi connectivity index (χ1v) is 14.3. The molecule has 3 atom stereocenters. The number of nitrogens with one attached hydrogen (secondary N) is 1. The van der Waals surface area contributed by atoms with Gasteiger partial charge in [-0.25, -0.2) is 0 Å².